The molecule has 1 aromatic rings. The van der Waals surface area contributed by atoms with Crippen LogP contribution in [0.25, 0.3) is 0 Å². The molecule has 0 heterocycles. The van der Waals surface area contributed by atoms with E-state index >= 15 is 0 Å². The third kappa shape index (κ3) is 2.55. The zero-order chi connectivity index (χ0) is 11.1. The molecular weight excluding hydrogens is 207 g/mol. The van der Waals surface area contributed by atoms with Crippen LogP contribution in [0.4, 0.5) is 18.9 Å². The third-order valence-corrected chi connectivity index (χ3v) is 2.31. The van der Waals surface area contributed by atoms with Crippen molar-refractivity contribution in [2.45, 2.75) is 25.1 Å². The van der Waals surface area contributed by atoms with Crippen LogP contribution < -0.4 is 10.5 Å². The van der Waals surface area contributed by atoms with E-state index in [0.717, 1.165) is 18.4 Å². The third-order valence-electron chi connectivity index (χ3n) is 2.31. The molecule has 0 aromatic heterocycles. The Kier molecular flexibility index (Phi) is 2.25. The minimum absolute atomic E-state index is 0.260. The summed E-state index contributed by atoms with van der Waals surface area (Å²) in [5.74, 6) is 0.161. The molecule has 2 N–H and O–H groups in total. The van der Waals surface area contributed by atoms with E-state index in [0.29, 0.717) is 11.6 Å². The molecule has 0 atom stereocenters. The summed E-state index contributed by atoms with van der Waals surface area (Å²) in [5, 5.41) is 0. The molecule has 2 nitrogen and oxygen atoms in total. The maximum atomic E-state index is 11.9. The van der Waals surface area contributed by atoms with Crippen LogP contribution in [0.5, 0.6) is 5.75 Å². The molecule has 1 aliphatic carbocycles. The van der Waals surface area contributed by atoms with E-state index in [1.54, 1.807) is 6.07 Å². The Morgan fingerprint density at radius 2 is 1.93 bits per heavy atom. The fourth-order valence-electron chi connectivity index (χ4n) is 1.52. The molecule has 5 heteroatoms. The van der Waals surface area contributed by atoms with Gasteiger partial charge in [-0.15, -0.1) is 13.2 Å². The topological polar surface area (TPSA) is 35.2 Å². The monoisotopic (exact) mass is 217 g/mol. The van der Waals surface area contributed by atoms with Crippen LogP contribution in [0.1, 0.15) is 24.3 Å². The molecule has 2 rings (SSSR count). The van der Waals surface area contributed by atoms with Crippen LogP contribution in [0, 0.1) is 0 Å². The van der Waals surface area contributed by atoms with E-state index in [-0.39, 0.29) is 5.75 Å². The zero-order valence-corrected chi connectivity index (χ0v) is 7.84. The van der Waals surface area contributed by atoms with Crippen LogP contribution in [0.3, 0.4) is 0 Å². The van der Waals surface area contributed by atoms with Crippen LogP contribution in [0.2, 0.25) is 0 Å². The molecule has 1 fully saturated rings. The highest BCUT2D eigenvalue weighted by molar-refractivity contribution is 5.54. The van der Waals surface area contributed by atoms with Crippen molar-refractivity contribution in [1.82, 2.24) is 0 Å². The molecule has 0 unspecified atom stereocenters. The molecule has 0 radical (unpaired) electrons. The first-order valence-electron chi connectivity index (χ1n) is 4.61. The second-order valence-electron chi connectivity index (χ2n) is 3.61. The Balaban J connectivity index is 2.17. The standard InChI is InChI=1S/C10H10F3NO/c11-10(12,13)15-7-3-4-8(6-1-2-6)9(14)5-7/h3-6H,1-2,14H2. The number of nitrogen functional groups attached to an aromatic ring is 1. The van der Waals surface area contributed by atoms with Crippen LogP contribution >= 0.6 is 0 Å². The SMILES string of the molecule is Nc1cc(OC(F)(F)F)ccc1C1CC1. The average molecular weight is 217 g/mol. The van der Waals surface area contributed by atoms with E-state index in [1.807, 2.05) is 0 Å². The van der Waals surface area contributed by atoms with E-state index in [4.69, 9.17) is 5.73 Å². The summed E-state index contributed by atoms with van der Waals surface area (Å²) < 4.78 is 39.4. The van der Waals surface area contributed by atoms with Crippen LogP contribution in [0.15, 0.2) is 18.2 Å². The molecular formula is C10H10F3NO. The van der Waals surface area contributed by atoms with Crippen molar-refractivity contribution in [2.24, 2.45) is 0 Å². The summed E-state index contributed by atoms with van der Waals surface area (Å²) in [4.78, 5) is 0. The molecule has 0 bridgehead atoms. The summed E-state index contributed by atoms with van der Waals surface area (Å²) in [6.45, 7) is 0. The normalized spacial score (nSPS) is 16.5. The van der Waals surface area contributed by atoms with Gasteiger partial charge in [0.15, 0.2) is 0 Å². The molecule has 1 saturated carbocycles. The molecule has 0 aliphatic heterocycles. The number of benzene rings is 1. The van der Waals surface area contributed by atoms with Crippen LogP contribution in [-0.2, 0) is 0 Å². The summed E-state index contributed by atoms with van der Waals surface area (Å²) in [7, 11) is 0. The Hall–Kier alpha value is -1.39. The van der Waals surface area contributed by atoms with Crippen LogP contribution in [-0.4, -0.2) is 6.36 Å². The first-order valence-corrected chi connectivity index (χ1v) is 4.61. The number of ether oxygens (including phenoxy) is 1. The van der Waals surface area contributed by atoms with Gasteiger partial charge in [0.2, 0.25) is 0 Å². The van der Waals surface area contributed by atoms with Gasteiger partial charge >= 0.3 is 6.36 Å². The highest BCUT2D eigenvalue weighted by Gasteiger charge is 2.32. The highest BCUT2D eigenvalue weighted by atomic mass is 19.4. The van der Waals surface area contributed by atoms with E-state index in [1.165, 1.54) is 12.1 Å². The summed E-state index contributed by atoms with van der Waals surface area (Å²) in [6.07, 6.45) is -2.54. The number of nitrogens with two attached hydrogens (primary N) is 1. The molecule has 1 aromatic carbocycles. The van der Waals surface area contributed by atoms with Gasteiger partial charge in [-0.25, -0.2) is 0 Å². The Labute approximate surface area is 84.8 Å². The summed E-state index contributed by atoms with van der Waals surface area (Å²) in [5.41, 5.74) is 6.93. The number of alkyl halides is 3. The molecule has 0 saturated heterocycles. The maximum Gasteiger partial charge on any atom is 0.573 e. The van der Waals surface area contributed by atoms with Crippen molar-refractivity contribution in [1.29, 1.82) is 0 Å². The summed E-state index contributed by atoms with van der Waals surface area (Å²) in [6, 6.07) is 4.13. The van der Waals surface area contributed by atoms with Gasteiger partial charge in [-0.2, -0.15) is 0 Å². The van der Waals surface area contributed by atoms with Gasteiger partial charge in [0.25, 0.3) is 0 Å². The molecule has 0 spiro atoms. The van der Waals surface area contributed by atoms with Crippen molar-refractivity contribution >= 4 is 5.69 Å². The van der Waals surface area contributed by atoms with E-state index in [9.17, 15) is 13.2 Å². The van der Waals surface area contributed by atoms with Crippen molar-refractivity contribution < 1.29 is 17.9 Å². The number of halogens is 3. The second-order valence-corrected chi connectivity index (χ2v) is 3.61. The number of anilines is 1. The van der Waals surface area contributed by atoms with Gasteiger partial charge in [0, 0.05) is 11.8 Å². The lowest BCUT2D eigenvalue weighted by atomic mass is 10.1. The number of hydrogen-bond donors (Lipinski definition) is 1. The molecule has 0 amide bonds. The van der Waals surface area contributed by atoms with Crippen molar-refractivity contribution in [3.05, 3.63) is 23.8 Å². The Morgan fingerprint density at radius 1 is 1.27 bits per heavy atom. The smallest absolute Gasteiger partial charge is 0.406 e. The van der Waals surface area contributed by atoms with Gasteiger partial charge in [0.05, 0.1) is 0 Å². The van der Waals surface area contributed by atoms with Gasteiger partial charge in [0.1, 0.15) is 5.75 Å². The average Bonchev–Trinajstić information content (AvgIpc) is 2.84. The summed E-state index contributed by atoms with van der Waals surface area (Å²) >= 11 is 0. The lowest BCUT2D eigenvalue weighted by Crippen LogP contribution is -2.17. The lowest BCUT2D eigenvalue weighted by molar-refractivity contribution is -0.274. The lowest BCUT2D eigenvalue weighted by Gasteiger charge is -2.11. The highest BCUT2D eigenvalue weighted by Crippen LogP contribution is 2.43. The van der Waals surface area contributed by atoms with Gasteiger partial charge in [-0.05, 0) is 30.4 Å². The fraction of sp³-hybridized carbons (Fsp3) is 0.400. The Morgan fingerprint density at radius 3 is 2.40 bits per heavy atom. The zero-order valence-electron chi connectivity index (χ0n) is 7.84. The molecule has 1 aliphatic rings. The minimum atomic E-state index is -4.66. The second kappa shape index (κ2) is 3.32. The van der Waals surface area contributed by atoms with Crippen molar-refractivity contribution in [2.75, 3.05) is 5.73 Å². The largest absolute Gasteiger partial charge is 0.573 e. The van der Waals surface area contributed by atoms with Gasteiger partial charge in [-0.3, -0.25) is 0 Å². The first-order chi connectivity index (χ1) is 6.96. The number of rotatable bonds is 2. The first kappa shape index (κ1) is 10.1. The molecule has 82 valence electrons. The minimum Gasteiger partial charge on any atom is -0.406 e. The Bertz CT molecular complexity index is 371. The van der Waals surface area contributed by atoms with Crippen molar-refractivity contribution in [3.63, 3.8) is 0 Å². The predicted octanol–water partition coefficient (Wildman–Crippen LogP) is 3.04. The van der Waals surface area contributed by atoms with Crippen molar-refractivity contribution in [3.8, 4) is 5.75 Å². The predicted molar refractivity (Wildman–Crippen MR) is 49.5 cm³/mol. The maximum absolute atomic E-state index is 11.9. The quantitative estimate of drug-likeness (QED) is 0.772. The van der Waals surface area contributed by atoms with Gasteiger partial charge < -0.3 is 10.5 Å². The van der Waals surface area contributed by atoms with E-state index < -0.39 is 6.36 Å². The number of hydrogen-bond acceptors (Lipinski definition) is 2. The fourth-order valence-corrected chi connectivity index (χ4v) is 1.52. The van der Waals surface area contributed by atoms with E-state index in [2.05, 4.69) is 4.74 Å². The molecule has 15 heavy (non-hydrogen) atoms. The van der Waals surface area contributed by atoms with Gasteiger partial charge in [-0.1, -0.05) is 6.07 Å².